The van der Waals surface area contributed by atoms with E-state index in [2.05, 4.69) is 16.8 Å². The first-order chi connectivity index (χ1) is 14.2. The topological polar surface area (TPSA) is 52.6 Å². The van der Waals surface area contributed by atoms with Gasteiger partial charge in [-0.15, -0.1) is 0 Å². The van der Waals surface area contributed by atoms with Gasteiger partial charge in [-0.05, 0) is 71.9 Å². The van der Waals surface area contributed by atoms with Gasteiger partial charge in [0, 0.05) is 43.6 Å². The molecule has 4 rings (SSSR count). The van der Waals surface area contributed by atoms with Crippen LogP contribution in [-0.2, 0) is 17.8 Å². The van der Waals surface area contributed by atoms with Gasteiger partial charge in [-0.3, -0.25) is 4.79 Å². The van der Waals surface area contributed by atoms with Crippen molar-refractivity contribution < 1.29 is 4.79 Å². The molecule has 0 N–H and O–H groups in total. The van der Waals surface area contributed by atoms with Crippen LogP contribution in [0.1, 0.15) is 74.4 Å². The second-order valence-electron chi connectivity index (χ2n) is 9.20. The number of nitrogens with zero attached hydrogens (tertiary/aromatic N) is 5. The van der Waals surface area contributed by atoms with Gasteiger partial charge < -0.3 is 14.7 Å². The van der Waals surface area contributed by atoms with E-state index in [0.717, 1.165) is 63.3 Å². The minimum absolute atomic E-state index is 0.296. The van der Waals surface area contributed by atoms with Crippen LogP contribution in [0.3, 0.4) is 0 Å². The van der Waals surface area contributed by atoms with Gasteiger partial charge in [-0.25, -0.2) is 9.97 Å². The van der Waals surface area contributed by atoms with Gasteiger partial charge in [0.1, 0.15) is 5.82 Å². The molecule has 0 unspecified atom stereocenters. The Labute approximate surface area is 175 Å². The summed E-state index contributed by atoms with van der Waals surface area (Å²) in [7, 11) is 2.18. The number of likely N-dealkylation sites (tertiary alicyclic amines) is 2. The van der Waals surface area contributed by atoms with Crippen LogP contribution in [-0.4, -0.2) is 76.9 Å². The highest BCUT2D eigenvalue weighted by atomic mass is 16.2. The number of carbonyl (C=O) groups is 1. The Kier molecular flexibility index (Phi) is 7.14. The number of carbonyl (C=O) groups excluding carboxylic acids is 1. The Balaban J connectivity index is 1.26. The monoisotopic (exact) mass is 399 g/mol. The molecule has 1 aromatic rings. The summed E-state index contributed by atoms with van der Waals surface area (Å²) >= 11 is 0. The van der Waals surface area contributed by atoms with E-state index in [1.165, 1.54) is 44.5 Å². The molecular formula is C23H37N5O. The quantitative estimate of drug-likeness (QED) is 0.762. The molecule has 0 aromatic carbocycles. The van der Waals surface area contributed by atoms with E-state index in [-0.39, 0.29) is 0 Å². The number of piperidine rings is 1. The summed E-state index contributed by atoms with van der Waals surface area (Å²) in [6.07, 6.45) is 12.2. The maximum Gasteiger partial charge on any atom is 0.222 e. The third-order valence-electron chi connectivity index (χ3n) is 6.95. The predicted molar refractivity (Wildman–Crippen MR) is 115 cm³/mol. The third-order valence-corrected chi connectivity index (χ3v) is 6.95. The molecule has 1 aromatic heterocycles. The maximum absolute atomic E-state index is 12.7. The van der Waals surface area contributed by atoms with Crippen LogP contribution >= 0.6 is 0 Å². The van der Waals surface area contributed by atoms with Gasteiger partial charge in [-0.2, -0.15) is 0 Å². The highest BCUT2D eigenvalue weighted by molar-refractivity contribution is 5.76. The molecule has 1 amide bonds. The SMILES string of the molecule is CN1CCC(c2ncc3c(n2)CCN(C(=O)CCCN2CCCCCC2)C3)CC1. The van der Waals surface area contributed by atoms with E-state index in [0.29, 0.717) is 24.8 Å². The Hall–Kier alpha value is -1.53. The molecule has 0 saturated carbocycles. The lowest BCUT2D eigenvalue weighted by Crippen LogP contribution is -2.37. The lowest BCUT2D eigenvalue weighted by molar-refractivity contribution is -0.132. The fraction of sp³-hybridized carbons (Fsp3) is 0.783. The van der Waals surface area contributed by atoms with Gasteiger partial charge in [0.2, 0.25) is 5.91 Å². The van der Waals surface area contributed by atoms with Crippen LogP contribution < -0.4 is 0 Å². The molecule has 2 saturated heterocycles. The first-order valence-corrected chi connectivity index (χ1v) is 11.7. The Morgan fingerprint density at radius 2 is 1.83 bits per heavy atom. The first-order valence-electron chi connectivity index (χ1n) is 11.7. The van der Waals surface area contributed by atoms with E-state index in [9.17, 15) is 4.79 Å². The van der Waals surface area contributed by atoms with Crippen molar-refractivity contribution in [3.05, 3.63) is 23.3 Å². The van der Waals surface area contributed by atoms with E-state index in [1.54, 1.807) is 0 Å². The van der Waals surface area contributed by atoms with Crippen molar-refractivity contribution in [1.82, 2.24) is 24.7 Å². The molecule has 160 valence electrons. The van der Waals surface area contributed by atoms with Crippen LogP contribution in [0, 0.1) is 0 Å². The molecule has 29 heavy (non-hydrogen) atoms. The van der Waals surface area contributed by atoms with Crippen molar-refractivity contribution in [3.8, 4) is 0 Å². The van der Waals surface area contributed by atoms with Crippen LogP contribution in [0.15, 0.2) is 6.20 Å². The number of hydrogen-bond donors (Lipinski definition) is 0. The summed E-state index contributed by atoms with van der Waals surface area (Å²) in [5, 5.41) is 0. The molecule has 0 atom stereocenters. The molecular weight excluding hydrogens is 362 g/mol. The largest absolute Gasteiger partial charge is 0.338 e. The Morgan fingerprint density at radius 1 is 1.07 bits per heavy atom. The minimum Gasteiger partial charge on any atom is -0.338 e. The van der Waals surface area contributed by atoms with Crippen molar-refractivity contribution >= 4 is 5.91 Å². The average Bonchev–Trinajstić information content (AvgIpc) is 3.02. The second kappa shape index (κ2) is 9.98. The maximum atomic E-state index is 12.7. The molecule has 4 heterocycles. The Bertz CT molecular complexity index is 678. The molecule has 3 aliphatic heterocycles. The smallest absolute Gasteiger partial charge is 0.222 e. The van der Waals surface area contributed by atoms with Crippen molar-refractivity contribution in [2.45, 2.75) is 70.3 Å². The number of fused-ring (bicyclic) bond motifs is 1. The van der Waals surface area contributed by atoms with Crippen molar-refractivity contribution in [2.75, 3.05) is 46.3 Å². The standard InChI is InChI=1S/C23H37N5O/c1-26-14-8-19(9-15-26)23-24-17-20-18-28(16-10-21(20)25-23)22(29)7-6-13-27-11-4-2-3-5-12-27/h17,19H,2-16,18H2,1H3. The fourth-order valence-corrected chi connectivity index (χ4v) is 4.98. The summed E-state index contributed by atoms with van der Waals surface area (Å²) in [6.45, 7) is 7.24. The van der Waals surface area contributed by atoms with E-state index < -0.39 is 0 Å². The molecule has 0 radical (unpaired) electrons. The zero-order valence-corrected chi connectivity index (χ0v) is 18.1. The van der Waals surface area contributed by atoms with Gasteiger partial charge in [0.15, 0.2) is 0 Å². The molecule has 6 nitrogen and oxygen atoms in total. The van der Waals surface area contributed by atoms with E-state index in [4.69, 9.17) is 9.97 Å². The highest BCUT2D eigenvalue weighted by Gasteiger charge is 2.25. The molecule has 6 heteroatoms. The molecule has 2 fully saturated rings. The van der Waals surface area contributed by atoms with Crippen molar-refractivity contribution in [3.63, 3.8) is 0 Å². The summed E-state index contributed by atoms with van der Waals surface area (Å²) in [5.74, 6) is 1.81. The molecule has 0 spiro atoms. The van der Waals surface area contributed by atoms with Gasteiger partial charge >= 0.3 is 0 Å². The van der Waals surface area contributed by atoms with Crippen LogP contribution in [0.4, 0.5) is 0 Å². The first kappa shape index (κ1) is 20.7. The van der Waals surface area contributed by atoms with Crippen LogP contribution in [0.25, 0.3) is 0 Å². The number of rotatable bonds is 5. The minimum atomic E-state index is 0.296. The van der Waals surface area contributed by atoms with E-state index in [1.807, 2.05) is 11.1 Å². The van der Waals surface area contributed by atoms with Gasteiger partial charge in [0.05, 0.1) is 5.69 Å². The summed E-state index contributed by atoms with van der Waals surface area (Å²) in [4.78, 5) is 29.3. The average molecular weight is 400 g/mol. The van der Waals surface area contributed by atoms with Crippen LogP contribution in [0.2, 0.25) is 0 Å². The normalized spacial score (nSPS) is 22.3. The summed E-state index contributed by atoms with van der Waals surface area (Å²) in [6, 6.07) is 0. The lowest BCUT2D eigenvalue weighted by Gasteiger charge is -2.31. The van der Waals surface area contributed by atoms with Crippen LogP contribution in [0.5, 0.6) is 0 Å². The predicted octanol–water partition coefficient (Wildman–Crippen LogP) is 2.83. The summed E-state index contributed by atoms with van der Waals surface area (Å²) < 4.78 is 0. The van der Waals surface area contributed by atoms with Gasteiger partial charge in [0.25, 0.3) is 0 Å². The van der Waals surface area contributed by atoms with Crippen molar-refractivity contribution in [1.29, 1.82) is 0 Å². The summed E-state index contributed by atoms with van der Waals surface area (Å²) in [5.41, 5.74) is 2.32. The van der Waals surface area contributed by atoms with Crippen molar-refractivity contribution in [2.24, 2.45) is 0 Å². The van der Waals surface area contributed by atoms with E-state index >= 15 is 0 Å². The number of aromatic nitrogens is 2. The zero-order valence-electron chi connectivity index (χ0n) is 18.1. The number of hydrogen-bond acceptors (Lipinski definition) is 5. The lowest BCUT2D eigenvalue weighted by atomic mass is 9.95. The Morgan fingerprint density at radius 3 is 2.59 bits per heavy atom. The second-order valence-corrected chi connectivity index (χ2v) is 9.20. The third kappa shape index (κ3) is 5.54. The molecule has 0 bridgehead atoms. The molecule has 0 aliphatic carbocycles. The number of amides is 1. The fourth-order valence-electron chi connectivity index (χ4n) is 4.98. The molecule has 3 aliphatic rings. The zero-order chi connectivity index (χ0) is 20.1. The highest BCUT2D eigenvalue weighted by Crippen LogP contribution is 2.26. The van der Waals surface area contributed by atoms with Gasteiger partial charge in [-0.1, -0.05) is 12.8 Å².